The van der Waals surface area contributed by atoms with Crippen LogP contribution in [0.5, 0.6) is 0 Å². The second kappa shape index (κ2) is 6.24. The van der Waals surface area contributed by atoms with Crippen LogP contribution < -0.4 is 5.32 Å². The molecule has 0 radical (unpaired) electrons. The molecule has 1 amide bonds. The van der Waals surface area contributed by atoms with Gasteiger partial charge in [0.2, 0.25) is 5.91 Å². The van der Waals surface area contributed by atoms with E-state index in [1.54, 1.807) is 0 Å². The Kier molecular flexibility index (Phi) is 5.26. The largest absolute Gasteiger partial charge is 0.340 e. The van der Waals surface area contributed by atoms with Crippen LogP contribution in [0.1, 0.15) is 40.5 Å². The number of rotatable bonds is 4. The summed E-state index contributed by atoms with van der Waals surface area (Å²) in [5.41, 5.74) is 0. The molecule has 0 aromatic heterocycles. The van der Waals surface area contributed by atoms with Crippen molar-refractivity contribution in [2.75, 3.05) is 19.6 Å². The maximum atomic E-state index is 12.2. The summed E-state index contributed by atoms with van der Waals surface area (Å²) in [5, 5.41) is 3.48. The summed E-state index contributed by atoms with van der Waals surface area (Å²) < 4.78 is 0. The molecule has 94 valence electrons. The van der Waals surface area contributed by atoms with Crippen molar-refractivity contribution in [3.05, 3.63) is 0 Å². The maximum Gasteiger partial charge on any atom is 0.225 e. The third-order valence-electron chi connectivity index (χ3n) is 3.66. The Balaban J connectivity index is 2.56. The van der Waals surface area contributed by atoms with Gasteiger partial charge in [-0.25, -0.2) is 0 Å². The van der Waals surface area contributed by atoms with Crippen molar-refractivity contribution in [1.29, 1.82) is 0 Å². The van der Waals surface area contributed by atoms with Crippen molar-refractivity contribution in [2.24, 2.45) is 11.8 Å². The molecule has 1 unspecified atom stereocenters. The van der Waals surface area contributed by atoms with E-state index in [4.69, 9.17) is 0 Å². The highest BCUT2D eigenvalue weighted by Gasteiger charge is 2.27. The van der Waals surface area contributed by atoms with Crippen LogP contribution in [-0.2, 0) is 4.79 Å². The first kappa shape index (κ1) is 13.5. The Morgan fingerprint density at radius 1 is 1.38 bits per heavy atom. The molecule has 1 atom stereocenters. The van der Waals surface area contributed by atoms with Gasteiger partial charge in [-0.1, -0.05) is 27.7 Å². The fourth-order valence-corrected chi connectivity index (χ4v) is 2.32. The number of nitrogens with one attached hydrogen (secondary N) is 1. The summed E-state index contributed by atoms with van der Waals surface area (Å²) in [6.45, 7) is 11.3. The number of carbonyl (C=O) groups excluding carboxylic acids is 1. The molecule has 0 aliphatic carbocycles. The topological polar surface area (TPSA) is 32.3 Å². The van der Waals surface area contributed by atoms with Gasteiger partial charge >= 0.3 is 0 Å². The summed E-state index contributed by atoms with van der Waals surface area (Å²) in [5.74, 6) is 1.18. The molecule has 0 aromatic carbocycles. The first-order valence-electron chi connectivity index (χ1n) is 6.62. The van der Waals surface area contributed by atoms with E-state index in [9.17, 15) is 4.79 Å². The van der Waals surface area contributed by atoms with E-state index in [0.29, 0.717) is 17.9 Å². The molecule has 1 aliphatic heterocycles. The molecule has 1 aliphatic rings. The molecule has 1 heterocycles. The number of hydrogen-bond acceptors (Lipinski definition) is 2. The van der Waals surface area contributed by atoms with Gasteiger partial charge in [-0.05, 0) is 18.8 Å². The van der Waals surface area contributed by atoms with Crippen LogP contribution in [0.2, 0.25) is 0 Å². The standard InChI is InChI=1S/C13H26N2O/c1-5-11(6-2)13(16)15-8-7-14-12(9-15)10(3)4/h10-12,14H,5-9H2,1-4H3. The molecule has 3 heteroatoms. The van der Waals surface area contributed by atoms with Crippen LogP contribution in [0.3, 0.4) is 0 Å². The second-order valence-corrected chi connectivity index (χ2v) is 5.10. The van der Waals surface area contributed by atoms with E-state index in [0.717, 1.165) is 32.5 Å². The van der Waals surface area contributed by atoms with Gasteiger partial charge in [0.15, 0.2) is 0 Å². The van der Waals surface area contributed by atoms with E-state index in [2.05, 4.69) is 37.9 Å². The summed E-state index contributed by atoms with van der Waals surface area (Å²) in [6, 6.07) is 0.465. The Morgan fingerprint density at radius 2 is 2.00 bits per heavy atom. The van der Waals surface area contributed by atoms with Gasteiger partial charge in [-0.3, -0.25) is 4.79 Å². The zero-order chi connectivity index (χ0) is 12.1. The zero-order valence-electron chi connectivity index (χ0n) is 11.1. The Morgan fingerprint density at radius 3 is 2.50 bits per heavy atom. The normalized spacial score (nSPS) is 21.9. The highest BCUT2D eigenvalue weighted by Crippen LogP contribution is 2.15. The number of piperazine rings is 1. The van der Waals surface area contributed by atoms with Gasteiger partial charge in [0.1, 0.15) is 0 Å². The van der Waals surface area contributed by atoms with Gasteiger partial charge in [0.25, 0.3) is 0 Å². The van der Waals surface area contributed by atoms with Gasteiger partial charge in [0.05, 0.1) is 0 Å². The highest BCUT2D eigenvalue weighted by molar-refractivity contribution is 5.78. The predicted octanol–water partition coefficient (Wildman–Crippen LogP) is 1.88. The van der Waals surface area contributed by atoms with Crippen LogP contribution in [0, 0.1) is 11.8 Å². The highest BCUT2D eigenvalue weighted by atomic mass is 16.2. The molecule has 0 spiro atoms. The van der Waals surface area contributed by atoms with Crippen LogP contribution in [-0.4, -0.2) is 36.5 Å². The Bertz CT molecular complexity index is 224. The van der Waals surface area contributed by atoms with Crippen molar-refractivity contribution in [2.45, 2.75) is 46.6 Å². The number of hydrogen-bond donors (Lipinski definition) is 1. The van der Waals surface area contributed by atoms with Gasteiger partial charge < -0.3 is 10.2 Å². The summed E-state index contributed by atoms with van der Waals surface area (Å²) >= 11 is 0. The minimum absolute atomic E-state index is 0.228. The molecule has 16 heavy (non-hydrogen) atoms. The first-order valence-corrected chi connectivity index (χ1v) is 6.62. The molecule has 0 bridgehead atoms. The molecule has 1 fully saturated rings. The Hall–Kier alpha value is -0.570. The fourth-order valence-electron chi connectivity index (χ4n) is 2.32. The van der Waals surface area contributed by atoms with Crippen LogP contribution in [0.4, 0.5) is 0 Å². The summed E-state index contributed by atoms with van der Waals surface area (Å²) in [7, 11) is 0. The average Bonchev–Trinajstić information content (AvgIpc) is 2.30. The smallest absolute Gasteiger partial charge is 0.225 e. The quantitative estimate of drug-likeness (QED) is 0.794. The van der Waals surface area contributed by atoms with Crippen LogP contribution in [0.15, 0.2) is 0 Å². The number of carbonyl (C=O) groups is 1. The van der Waals surface area contributed by atoms with Crippen molar-refractivity contribution in [3.63, 3.8) is 0 Å². The third kappa shape index (κ3) is 3.21. The van der Waals surface area contributed by atoms with Crippen molar-refractivity contribution >= 4 is 5.91 Å². The monoisotopic (exact) mass is 226 g/mol. The second-order valence-electron chi connectivity index (χ2n) is 5.10. The van der Waals surface area contributed by atoms with Gasteiger partial charge in [-0.15, -0.1) is 0 Å². The molecular formula is C13H26N2O. The van der Waals surface area contributed by atoms with Crippen molar-refractivity contribution in [3.8, 4) is 0 Å². The van der Waals surface area contributed by atoms with E-state index >= 15 is 0 Å². The molecule has 0 aromatic rings. The summed E-state index contributed by atoms with van der Waals surface area (Å²) in [4.78, 5) is 14.3. The van der Waals surface area contributed by atoms with Gasteiger partial charge in [0, 0.05) is 31.6 Å². The third-order valence-corrected chi connectivity index (χ3v) is 3.66. The lowest BCUT2D eigenvalue weighted by Crippen LogP contribution is -2.55. The SMILES string of the molecule is CCC(CC)C(=O)N1CCNC(C(C)C)C1. The minimum atomic E-state index is 0.228. The molecule has 1 rings (SSSR count). The summed E-state index contributed by atoms with van der Waals surface area (Å²) in [6.07, 6.45) is 1.93. The minimum Gasteiger partial charge on any atom is -0.340 e. The van der Waals surface area contributed by atoms with E-state index in [1.807, 2.05) is 0 Å². The zero-order valence-corrected chi connectivity index (χ0v) is 11.1. The predicted molar refractivity (Wildman–Crippen MR) is 67.3 cm³/mol. The molecule has 3 nitrogen and oxygen atoms in total. The molecular weight excluding hydrogens is 200 g/mol. The lowest BCUT2D eigenvalue weighted by Gasteiger charge is -2.37. The number of nitrogens with zero attached hydrogens (tertiary/aromatic N) is 1. The molecule has 0 saturated carbocycles. The molecule has 1 saturated heterocycles. The van der Waals surface area contributed by atoms with Crippen molar-refractivity contribution < 1.29 is 4.79 Å². The van der Waals surface area contributed by atoms with E-state index < -0.39 is 0 Å². The first-order chi connectivity index (χ1) is 7.60. The maximum absolute atomic E-state index is 12.2. The molecule has 1 N–H and O–H groups in total. The van der Waals surface area contributed by atoms with Crippen LogP contribution >= 0.6 is 0 Å². The van der Waals surface area contributed by atoms with E-state index in [1.165, 1.54) is 0 Å². The number of amides is 1. The van der Waals surface area contributed by atoms with Gasteiger partial charge in [-0.2, -0.15) is 0 Å². The lowest BCUT2D eigenvalue weighted by atomic mass is 9.98. The van der Waals surface area contributed by atoms with Crippen LogP contribution in [0.25, 0.3) is 0 Å². The fraction of sp³-hybridized carbons (Fsp3) is 0.923. The average molecular weight is 226 g/mol. The lowest BCUT2D eigenvalue weighted by molar-refractivity contribution is -0.137. The Labute approximate surface area is 99.6 Å². The van der Waals surface area contributed by atoms with E-state index in [-0.39, 0.29) is 5.92 Å². The van der Waals surface area contributed by atoms with Crippen molar-refractivity contribution in [1.82, 2.24) is 10.2 Å².